The molecule has 0 saturated carbocycles. The molecule has 0 aromatic rings. The van der Waals surface area contributed by atoms with Crippen LogP contribution in [0, 0.1) is 0 Å². The molecule has 1 aliphatic rings. The minimum Gasteiger partial charge on any atom is -0.337 e. The Labute approximate surface area is 89.2 Å². The first kappa shape index (κ1) is 12.1. The molecule has 4 nitrogen and oxygen atoms in total. The lowest BCUT2D eigenvalue weighted by atomic mass is 9.90. The molecule has 1 fully saturated rings. The largest absolute Gasteiger partial charge is 0.337 e. The van der Waals surface area contributed by atoms with Gasteiger partial charge in [-0.1, -0.05) is 0 Å². The number of carbonyl (C=O) groups is 2. The number of carbonyl (C=O) groups excluding carboxylic acids is 2. The Hall–Kier alpha value is -1.00. The smallest absolute Gasteiger partial charge is 0.223 e. The van der Waals surface area contributed by atoms with Crippen LogP contribution < -0.4 is 0 Å². The van der Waals surface area contributed by atoms with Gasteiger partial charge in [0.25, 0.3) is 0 Å². The van der Waals surface area contributed by atoms with Gasteiger partial charge in [0.1, 0.15) is 6.29 Å². The number of aldehydes is 1. The van der Waals surface area contributed by atoms with Crippen LogP contribution in [0.25, 0.3) is 0 Å². The van der Waals surface area contributed by atoms with Crippen molar-refractivity contribution in [1.82, 2.24) is 0 Å². The van der Waals surface area contributed by atoms with E-state index in [1.807, 2.05) is 27.7 Å². The van der Waals surface area contributed by atoms with Gasteiger partial charge >= 0.3 is 0 Å². The van der Waals surface area contributed by atoms with Crippen LogP contribution >= 0.6 is 0 Å². The monoisotopic (exact) mass is 212 g/mol. The molecule has 0 unspecified atom stereocenters. The van der Waals surface area contributed by atoms with Crippen molar-refractivity contribution in [3.63, 3.8) is 0 Å². The Morgan fingerprint density at radius 3 is 2.00 bits per heavy atom. The third-order valence-electron chi connectivity index (χ3n) is 2.82. The van der Waals surface area contributed by atoms with E-state index in [2.05, 4.69) is 0 Å². The molecule has 0 amide bonds. The molecule has 84 valence electrons. The summed E-state index contributed by atoms with van der Waals surface area (Å²) in [7, 11) is 0. The first-order valence-electron chi connectivity index (χ1n) is 4.81. The van der Waals surface area contributed by atoms with Crippen LogP contribution in [0.15, 0.2) is 12.2 Å². The quantitative estimate of drug-likeness (QED) is 0.521. The summed E-state index contributed by atoms with van der Waals surface area (Å²) in [5.41, 5.74) is -1.05. The Kier molecular flexibility index (Phi) is 3.11. The molecule has 0 radical (unpaired) electrons. The summed E-state index contributed by atoms with van der Waals surface area (Å²) in [6.07, 6.45) is 1.93. The molecule has 0 spiro atoms. The van der Waals surface area contributed by atoms with E-state index < -0.39 is 17.5 Å². The first-order chi connectivity index (χ1) is 6.80. The van der Waals surface area contributed by atoms with E-state index in [9.17, 15) is 9.59 Å². The molecule has 1 rings (SSSR count). The topological polar surface area (TPSA) is 52.6 Å². The zero-order chi connectivity index (χ0) is 11.7. The molecule has 0 atom stereocenters. The number of hydrogen-bond acceptors (Lipinski definition) is 4. The van der Waals surface area contributed by atoms with E-state index in [1.54, 1.807) is 0 Å². The molecule has 0 bridgehead atoms. The van der Waals surface area contributed by atoms with Crippen LogP contribution in [0.3, 0.4) is 0 Å². The molecule has 1 aliphatic heterocycles. The molecule has 1 saturated heterocycles. The third-order valence-corrected chi connectivity index (χ3v) is 2.82. The average molecular weight is 212 g/mol. The van der Waals surface area contributed by atoms with Gasteiger partial charge in [-0.15, -0.1) is 0 Å². The van der Waals surface area contributed by atoms with Crippen LogP contribution in [0.5, 0.6) is 0 Å². The van der Waals surface area contributed by atoms with Gasteiger partial charge in [-0.2, -0.15) is 0 Å². The zero-order valence-electron chi connectivity index (χ0n) is 9.44. The Morgan fingerprint density at radius 1 is 1.13 bits per heavy atom. The van der Waals surface area contributed by atoms with Crippen molar-refractivity contribution in [2.45, 2.75) is 45.2 Å². The Morgan fingerprint density at radius 2 is 1.60 bits per heavy atom. The van der Waals surface area contributed by atoms with Crippen LogP contribution in [0.2, 0.25) is 0 Å². The minimum absolute atomic E-state index is 0.347. The highest BCUT2D eigenvalue weighted by Crippen LogP contribution is 2.38. The van der Waals surface area contributed by atoms with Gasteiger partial charge in [0.05, 0.1) is 11.2 Å². The second kappa shape index (κ2) is 3.87. The van der Waals surface area contributed by atoms with E-state index in [0.29, 0.717) is 6.29 Å². The normalized spacial score (nSPS) is 24.5. The summed E-state index contributed by atoms with van der Waals surface area (Å²) in [4.78, 5) is 21.5. The maximum atomic E-state index is 11.5. The van der Waals surface area contributed by atoms with Crippen LogP contribution in [0.4, 0.5) is 0 Å². The fourth-order valence-corrected chi connectivity index (χ4v) is 1.17. The van der Waals surface area contributed by atoms with Crippen molar-refractivity contribution in [3.05, 3.63) is 12.2 Å². The number of ether oxygens (including phenoxy) is 2. The Bertz CT molecular complexity index is 286. The fraction of sp³-hybridized carbons (Fsp3) is 0.636. The lowest BCUT2D eigenvalue weighted by Gasteiger charge is -2.30. The van der Waals surface area contributed by atoms with Crippen molar-refractivity contribution in [1.29, 1.82) is 0 Å². The molecule has 0 N–H and O–H groups in total. The van der Waals surface area contributed by atoms with Gasteiger partial charge in [-0.05, 0) is 39.8 Å². The van der Waals surface area contributed by atoms with Crippen LogP contribution in [0.1, 0.15) is 27.7 Å². The van der Waals surface area contributed by atoms with E-state index >= 15 is 0 Å². The molecule has 0 aromatic heterocycles. The molecular weight excluding hydrogens is 196 g/mol. The summed E-state index contributed by atoms with van der Waals surface area (Å²) in [6.45, 7) is 7.46. The second-order valence-electron chi connectivity index (χ2n) is 4.49. The highest BCUT2D eigenvalue weighted by molar-refractivity contribution is 5.95. The number of ketones is 1. The molecule has 0 aromatic carbocycles. The Balaban J connectivity index is 2.75. The van der Waals surface area contributed by atoms with Crippen molar-refractivity contribution in [2.75, 3.05) is 0 Å². The van der Waals surface area contributed by atoms with Gasteiger partial charge in [0, 0.05) is 0 Å². The van der Waals surface area contributed by atoms with Crippen molar-refractivity contribution < 1.29 is 19.1 Å². The first-order valence-corrected chi connectivity index (χ1v) is 4.81. The van der Waals surface area contributed by atoms with Gasteiger partial charge in [-0.25, -0.2) is 0 Å². The maximum absolute atomic E-state index is 11.5. The summed E-state index contributed by atoms with van der Waals surface area (Å²) in [5, 5.41) is 0. The summed E-state index contributed by atoms with van der Waals surface area (Å²) in [6, 6.07) is 0. The standard InChI is InChI=1S/C11H16O4/c1-10(2)11(3,4)15-9(14-10)8(13)6-5-7-12/h5-7,9H,1-4H3/b6-5-. The third kappa shape index (κ3) is 2.33. The molecule has 1 heterocycles. The van der Waals surface area contributed by atoms with Gasteiger partial charge < -0.3 is 9.47 Å². The number of allylic oxidation sites excluding steroid dienone is 1. The lowest BCUT2D eigenvalue weighted by molar-refractivity contribution is -0.147. The summed E-state index contributed by atoms with van der Waals surface area (Å²) >= 11 is 0. The maximum Gasteiger partial charge on any atom is 0.223 e. The summed E-state index contributed by atoms with van der Waals surface area (Å²) in [5.74, 6) is -0.347. The number of hydrogen-bond donors (Lipinski definition) is 0. The van der Waals surface area contributed by atoms with Crippen molar-refractivity contribution >= 4 is 12.1 Å². The van der Waals surface area contributed by atoms with E-state index in [0.717, 1.165) is 12.2 Å². The highest BCUT2D eigenvalue weighted by atomic mass is 16.8. The minimum atomic E-state index is -0.911. The lowest BCUT2D eigenvalue weighted by Crippen LogP contribution is -2.41. The number of rotatable bonds is 3. The summed E-state index contributed by atoms with van der Waals surface area (Å²) < 4.78 is 11.0. The highest BCUT2D eigenvalue weighted by Gasteiger charge is 2.50. The van der Waals surface area contributed by atoms with Gasteiger partial charge in [-0.3, -0.25) is 9.59 Å². The second-order valence-corrected chi connectivity index (χ2v) is 4.49. The molecular formula is C11H16O4. The predicted octanol–water partition coefficient (Wildman–Crippen LogP) is 1.24. The zero-order valence-corrected chi connectivity index (χ0v) is 9.44. The fourth-order valence-electron chi connectivity index (χ4n) is 1.17. The van der Waals surface area contributed by atoms with Gasteiger partial charge in [0.2, 0.25) is 12.1 Å². The van der Waals surface area contributed by atoms with E-state index in [1.165, 1.54) is 0 Å². The van der Waals surface area contributed by atoms with E-state index in [-0.39, 0.29) is 5.78 Å². The SMILES string of the molecule is CC1(C)OC(C(=O)/C=C\C=O)OC1(C)C. The van der Waals surface area contributed by atoms with E-state index in [4.69, 9.17) is 9.47 Å². The van der Waals surface area contributed by atoms with Crippen molar-refractivity contribution in [2.24, 2.45) is 0 Å². The molecule has 0 aliphatic carbocycles. The van der Waals surface area contributed by atoms with Crippen molar-refractivity contribution in [3.8, 4) is 0 Å². The molecule has 15 heavy (non-hydrogen) atoms. The van der Waals surface area contributed by atoms with Crippen LogP contribution in [-0.2, 0) is 19.1 Å². The average Bonchev–Trinajstić information content (AvgIpc) is 2.32. The molecule has 4 heteroatoms. The van der Waals surface area contributed by atoms with Crippen LogP contribution in [-0.4, -0.2) is 29.6 Å². The van der Waals surface area contributed by atoms with Gasteiger partial charge in [0.15, 0.2) is 0 Å². The predicted molar refractivity (Wildman–Crippen MR) is 54.3 cm³/mol.